The summed E-state index contributed by atoms with van der Waals surface area (Å²) in [5.74, 6) is 4.39. The highest BCUT2D eigenvalue weighted by molar-refractivity contribution is 5.97. The van der Waals surface area contributed by atoms with E-state index in [2.05, 4.69) is 27.8 Å². The van der Waals surface area contributed by atoms with Crippen molar-refractivity contribution in [1.29, 1.82) is 0 Å². The number of anilines is 2. The molecule has 0 heterocycles. The van der Waals surface area contributed by atoms with E-state index in [9.17, 15) is 19.5 Å². The number of rotatable bonds is 10. The zero-order valence-electron chi connectivity index (χ0n) is 22.6. The van der Waals surface area contributed by atoms with Crippen LogP contribution in [-0.2, 0) is 16.1 Å². The van der Waals surface area contributed by atoms with Gasteiger partial charge in [-0.25, -0.2) is 5.48 Å². The number of nitrogens with zero attached hydrogens (tertiary/aromatic N) is 1. The van der Waals surface area contributed by atoms with Gasteiger partial charge in [-0.2, -0.15) is 0 Å². The predicted octanol–water partition coefficient (Wildman–Crippen LogP) is 1.87. The van der Waals surface area contributed by atoms with Crippen molar-refractivity contribution >= 4 is 29.1 Å². The standard InChI is InChI=1S/C30H33N5O5/c1-20(36)28(30(39)34-40)33-29(38)24-12-6-21(7-13-24)4-5-22-8-14-25(15-9-22)32-27(37)19-31-18-23-10-16-26(17-11-23)35(2)3/h6-17,20,28,31,36,40H,18-19H2,1-3H3,(H,32,37)(H,33,38)(H,34,39)/t20-,28+/m1/s1. The van der Waals surface area contributed by atoms with E-state index in [1.54, 1.807) is 48.5 Å². The van der Waals surface area contributed by atoms with Crippen LogP contribution in [0.2, 0.25) is 0 Å². The van der Waals surface area contributed by atoms with Gasteiger partial charge in [0.15, 0.2) is 0 Å². The summed E-state index contributed by atoms with van der Waals surface area (Å²) in [6, 6.07) is 20.4. The molecule has 3 aromatic rings. The number of hydrogen-bond acceptors (Lipinski definition) is 7. The topological polar surface area (TPSA) is 143 Å². The van der Waals surface area contributed by atoms with E-state index in [0.717, 1.165) is 16.8 Å². The zero-order chi connectivity index (χ0) is 29.1. The predicted molar refractivity (Wildman–Crippen MR) is 153 cm³/mol. The van der Waals surface area contributed by atoms with Gasteiger partial charge < -0.3 is 26.0 Å². The molecule has 40 heavy (non-hydrogen) atoms. The lowest BCUT2D eigenvalue weighted by atomic mass is 10.1. The van der Waals surface area contributed by atoms with Gasteiger partial charge in [-0.15, -0.1) is 0 Å². The molecule has 3 amide bonds. The maximum Gasteiger partial charge on any atom is 0.268 e. The van der Waals surface area contributed by atoms with Gasteiger partial charge in [0.2, 0.25) is 5.91 Å². The molecule has 0 spiro atoms. The minimum absolute atomic E-state index is 0.148. The average Bonchev–Trinajstić information content (AvgIpc) is 2.95. The lowest BCUT2D eigenvalue weighted by Crippen LogP contribution is -2.51. The molecule has 0 aliphatic rings. The third-order valence-electron chi connectivity index (χ3n) is 5.90. The smallest absolute Gasteiger partial charge is 0.268 e. The molecule has 0 saturated carbocycles. The molecular weight excluding hydrogens is 510 g/mol. The Labute approximate surface area is 233 Å². The van der Waals surface area contributed by atoms with Crippen LogP contribution in [0.15, 0.2) is 72.8 Å². The molecule has 10 nitrogen and oxygen atoms in total. The average molecular weight is 544 g/mol. The highest BCUT2D eigenvalue weighted by Gasteiger charge is 2.25. The Balaban J connectivity index is 1.48. The molecule has 0 fully saturated rings. The van der Waals surface area contributed by atoms with Crippen molar-refractivity contribution in [2.45, 2.75) is 25.6 Å². The number of hydrogen-bond donors (Lipinski definition) is 6. The van der Waals surface area contributed by atoms with Crippen LogP contribution in [0.1, 0.15) is 34.0 Å². The van der Waals surface area contributed by atoms with Gasteiger partial charge in [0.05, 0.1) is 12.6 Å². The Morgan fingerprint density at radius 2 is 1.45 bits per heavy atom. The van der Waals surface area contributed by atoms with Crippen LogP contribution in [0.4, 0.5) is 11.4 Å². The highest BCUT2D eigenvalue weighted by Crippen LogP contribution is 2.12. The normalized spacial score (nSPS) is 11.8. The molecule has 0 radical (unpaired) electrons. The minimum Gasteiger partial charge on any atom is -0.391 e. The van der Waals surface area contributed by atoms with Crippen LogP contribution in [0.3, 0.4) is 0 Å². The molecule has 10 heteroatoms. The molecule has 0 unspecified atom stereocenters. The second kappa shape index (κ2) is 14.5. The third kappa shape index (κ3) is 8.96. The fourth-order valence-corrected chi connectivity index (χ4v) is 3.62. The van der Waals surface area contributed by atoms with Crippen molar-refractivity contribution in [2.75, 3.05) is 30.9 Å². The minimum atomic E-state index is -1.30. The monoisotopic (exact) mass is 543 g/mol. The molecule has 6 N–H and O–H groups in total. The van der Waals surface area contributed by atoms with Crippen LogP contribution in [-0.4, -0.2) is 60.8 Å². The Bertz CT molecular complexity index is 1360. The molecule has 3 rings (SSSR count). The van der Waals surface area contributed by atoms with E-state index >= 15 is 0 Å². The van der Waals surface area contributed by atoms with E-state index in [4.69, 9.17) is 5.21 Å². The summed E-state index contributed by atoms with van der Waals surface area (Å²) >= 11 is 0. The van der Waals surface area contributed by atoms with Gasteiger partial charge in [0.1, 0.15) is 6.04 Å². The third-order valence-corrected chi connectivity index (χ3v) is 5.90. The summed E-state index contributed by atoms with van der Waals surface area (Å²) in [5, 5.41) is 26.8. The van der Waals surface area contributed by atoms with E-state index in [0.29, 0.717) is 17.8 Å². The number of carbonyl (C=O) groups is 3. The molecule has 0 saturated heterocycles. The van der Waals surface area contributed by atoms with Crippen LogP contribution in [0.25, 0.3) is 0 Å². The molecule has 0 aliphatic carbocycles. The molecular formula is C30H33N5O5. The Kier molecular flexibility index (Phi) is 10.8. The number of nitrogens with one attached hydrogen (secondary N) is 4. The SMILES string of the molecule is C[C@@H](O)[C@H](NC(=O)c1ccc(C#Cc2ccc(NC(=O)CNCc3ccc(N(C)C)cc3)cc2)cc1)C(=O)NO. The second-order valence-corrected chi connectivity index (χ2v) is 9.29. The first kappa shape index (κ1) is 29.9. The number of hydroxylamine groups is 1. The fourth-order valence-electron chi connectivity index (χ4n) is 3.62. The highest BCUT2D eigenvalue weighted by atomic mass is 16.5. The number of aliphatic hydroxyl groups is 1. The molecule has 0 aliphatic heterocycles. The van der Waals surface area contributed by atoms with Crippen LogP contribution < -0.4 is 26.3 Å². The van der Waals surface area contributed by atoms with Gasteiger partial charge in [-0.3, -0.25) is 19.6 Å². The maximum absolute atomic E-state index is 12.4. The number of amides is 3. The maximum atomic E-state index is 12.4. The largest absolute Gasteiger partial charge is 0.391 e. The van der Waals surface area contributed by atoms with Crippen LogP contribution in [0, 0.1) is 11.8 Å². The van der Waals surface area contributed by atoms with Crippen molar-refractivity contribution < 1.29 is 24.7 Å². The Hall–Kier alpha value is -4.69. The number of benzene rings is 3. The Morgan fingerprint density at radius 3 is 1.98 bits per heavy atom. The van der Waals surface area contributed by atoms with Crippen molar-refractivity contribution in [2.24, 2.45) is 0 Å². The van der Waals surface area contributed by atoms with Gasteiger partial charge in [-0.1, -0.05) is 24.0 Å². The van der Waals surface area contributed by atoms with Crippen LogP contribution >= 0.6 is 0 Å². The first-order chi connectivity index (χ1) is 19.2. The van der Waals surface area contributed by atoms with E-state index in [1.165, 1.54) is 12.4 Å². The summed E-state index contributed by atoms with van der Waals surface area (Å²) in [7, 11) is 3.98. The number of carbonyl (C=O) groups excluding carboxylic acids is 3. The molecule has 3 aromatic carbocycles. The summed E-state index contributed by atoms with van der Waals surface area (Å²) in [6.45, 7) is 2.09. The van der Waals surface area contributed by atoms with Gasteiger partial charge in [-0.05, 0) is 73.2 Å². The quantitative estimate of drug-likeness (QED) is 0.130. The zero-order valence-corrected chi connectivity index (χ0v) is 22.6. The molecule has 0 aromatic heterocycles. The lowest BCUT2D eigenvalue weighted by molar-refractivity contribution is -0.133. The van der Waals surface area contributed by atoms with E-state index < -0.39 is 24.0 Å². The first-order valence-corrected chi connectivity index (χ1v) is 12.6. The van der Waals surface area contributed by atoms with Gasteiger partial charge in [0, 0.05) is 48.7 Å². The summed E-state index contributed by atoms with van der Waals surface area (Å²) in [5.41, 5.74) is 5.96. The summed E-state index contributed by atoms with van der Waals surface area (Å²) in [6.07, 6.45) is -1.20. The Morgan fingerprint density at radius 1 is 0.875 bits per heavy atom. The molecule has 2 atom stereocenters. The van der Waals surface area contributed by atoms with Crippen molar-refractivity contribution in [3.63, 3.8) is 0 Å². The van der Waals surface area contributed by atoms with E-state index in [1.807, 2.05) is 43.3 Å². The summed E-state index contributed by atoms with van der Waals surface area (Å²) in [4.78, 5) is 38.3. The van der Waals surface area contributed by atoms with Crippen molar-refractivity contribution in [1.82, 2.24) is 16.1 Å². The molecule has 0 bridgehead atoms. The fraction of sp³-hybridized carbons (Fsp3) is 0.233. The first-order valence-electron chi connectivity index (χ1n) is 12.6. The van der Waals surface area contributed by atoms with Crippen LogP contribution in [0.5, 0.6) is 0 Å². The van der Waals surface area contributed by atoms with Crippen molar-refractivity contribution in [3.8, 4) is 11.8 Å². The van der Waals surface area contributed by atoms with Gasteiger partial charge >= 0.3 is 0 Å². The molecule has 208 valence electrons. The van der Waals surface area contributed by atoms with Gasteiger partial charge in [0.25, 0.3) is 11.8 Å². The van der Waals surface area contributed by atoms with Crippen molar-refractivity contribution in [3.05, 3.63) is 95.1 Å². The number of aliphatic hydroxyl groups excluding tert-OH is 1. The van der Waals surface area contributed by atoms with E-state index in [-0.39, 0.29) is 18.0 Å². The summed E-state index contributed by atoms with van der Waals surface area (Å²) < 4.78 is 0. The lowest BCUT2D eigenvalue weighted by Gasteiger charge is -2.19. The second-order valence-electron chi connectivity index (χ2n) is 9.29.